The van der Waals surface area contributed by atoms with Crippen molar-refractivity contribution in [1.82, 2.24) is 0 Å². The molecule has 0 spiro atoms. The van der Waals surface area contributed by atoms with E-state index in [1.54, 1.807) is 0 Å². The van der Waals surface area contributed by atoms with E-state index in [2.05, 4.69) is 9.73 Å². The summed E-state index contributed by atoms with van der Waals surface area (Å²) in [5, 5.41) is 0. The molecule has 1 aromatic carbocycles. The largest absolute Gasteiger partial charge is 0.477 e. The number of ether oxygens (including phenoxy) is 2. The van der Waals surface area contributed by atoms with E-state index in [9.17, 15) is 22.4 Å². The molecule has 2 rings (SSSR count). The highest BCUT2D eigenvalue weighted by Gasteiger charge is 2.35. The molecule has 0 aromatic heterocycles. The fourth-order valence-electron chi connectivity index (χ4n) is 1.85. The highest BCUT2D eigenvalue weighted by molar-refractivity contribution is 5.96. The molecule has 0 saturated carbocycles. The predicted molar refractivity (Wildman–Crippen MR) is 64.3 cm³/mol. The maximum Gasteiger partial charge on any atom is 0.419 e. The Morgan fingerprint density at radius 1 is 1.43 bits per heavy atom. The van der Waals surface area contributed by atoms with E-state index < -0.39 is 29.6 Å². The van der Waals surface area contributed by atoms with Gasteiger partial charge in [0, 0.05) is 12.0 Å². The van der Waals surface area contributed by atoms with Gasteiger partial charge in [-0.25, -0.2) is 14.2 Å². The van der Waals surface area contributed by atoms with Crippen LogP contribution in [-0.2, 0) is 20.4 Å². The zero-order valence-electron chi connectivity index (χ0n) is 10.9. The van der Waals surface area contributed by atoms with Crippen LogP contribution in [0.5, 0.6) is 0 Å². The number of hydrogen-bond donors (Lipinski definition) is 0. The van der Waals surface area contributed by atoms with Crippen LogP contribution in [0.4, 0.5) is 17.6 Å². The molecule has 1 unspecified atom stereocenters. The Morgan fingerprint density at radius 2 is 2.14 bits per heavy atom. The van der Waals surface area contributed by atoms with Gasteiger partial charge in [-0.2, -0.15) is 13.2 Å². The number of rotatable bonds is 2. The van der Waals surface area contributed by atoms with Gasteiger partial charge in [-0.3, -0.25) is 0 Å². The summed E-state index contributed by atoms with van der Waals surface area (Å²) in [4.78, 5) is 15.3. The summed E-state index contributed by atoms with van der Waals surface area (Å²) < 4.78 is 60.9. The number of nitrogens with zero attached hydrogens (tertiary/aromatic N) is 1. The maximum atomic E-state index is 13.2. The summed E-state index contributed by atoms with van der Waals surface area (Å²) in [6.07, 6.45) is -4.55. The molecule has 0 fully saturated rings. The smallest absolute Gasteiger partial charge is 0.419 e. The van der Waals surface area contributed by atoms with Crippen LogP contribution in [0.2, 0.25) is 0 Å². The number of aliphatic imine (C=N–C) groups is 1. The van der Waals surface area contributed by atoms with E-state index in [-0.39, 0.29) is 24.5 Å². The van der Waals surface area contributed by atoms with Gasteiger partial charge in [-0.05, 0) is 18.2 Å². The maximum absolute atomic E-state index is 13.2. The minimum Gasteiger partial charge on any atom is -0.477 e. The molecule has 0 bridgehead atoms. The number of halogens is 4. The Morgan fingerprint density at radius 3 is 2.76 bits per heavy atom. The van der Waals surface area contributed by atoms with Gasteiger partial charge < -0.3 is 9.47 Å². The van der Waals surface area contributed by atoms with Gasteiger partial charge in [0.25, 0.3) is 0 Å². The van der Waals surface area contributed by atoms with E-state index in [0.29, 0.717) is 12.1 Å². The molecule has 0 N–H and O–H groups in total. The van der Waals surface area contributed by atoms with Crippen molar-refractivity contribution in [2.45, 2.75) is 18.6 Å². The number of carbonyl (C=O) groups is 1. The first-order chi connectivity index (χ1) is 9.82. The van der Waals surface area contributed by atoms with E-state index in [0.717, 1.165) is 6.07 Å². The average Bonchev–Trinajstić information content (AvgIpc) is 2.46. The first-order valence-electron chi connectivity index (χ1n) is 5.98. The van der Waals surface area contributed by atoms with Crippen molar-refractivity contribution in [3.63, 3.8) is 0 Å². The van der Waals surface area contributed by atoms with Crippen molar-refractivity contribution in [2.24, 2.45) is 4.99 Å². The van der Waals surface area contributed by atoms with Crippen molar-refractivity contribution in [1.29, 1.82) is 0 Å². The van der Waals surface area contributed by atoms with Crippen molar-refractivity contribution in [3.8, 4) is 0 Å². The van der Waals surface area contributed by atoms with Gasteiger partial charge in [0.15, 0.2) is 6.04 Å². The van der Waals surface area contributed by atoms with Crippen molar-refractivity contribution >= 4 is 11.9 Å². The molecule has 1 aromatic rings. The number of benzene rings is 1. The average molecular weight is 305 g/mol. The quantitative estimate of drug-likeness (QED) is 0.623. The van der Waals surface area contributed by atoms with Crippen LogP contribution in [0.1, 0.15) is 17.5 Å². The Balaban J connectivity index is 2.38. The van der Waals surface area contributed by atoms with Gasteiger partial charge in [0.2, 0.25) is 5.90 Å². The second-order valence-electron chi connectivity index (χ2n) is 4.30. The number of hydrogen-bond acceptors (Lipinski definition) is 4. The molecule has 0 radical (unpaired) electrons. The molecule has 1 aliphatic rings. The molecule has 1 heterocycles. The lowest BCUT2D eigenvalue weighted by Gasteiger charge is -2.20. The third kappa shape index (κ3) is 3.32. The monoisotopic (exact) mass is 305 g/mol. The second-order valence-corrected chi connectivity index (χ2v) is 4.30. The minimum atomic E-state index is -4.82. The molecule has 1 aliphatic heterocycles. The lowest BCUT2D eigenvalue weighted by molar-refractivity contribution is -0.143. The van der Waals surface area contributed by atoms with Crippen LogP contribution in [0, 0.1) is 5.82 Å². The molecular weight excluding hydrogens is 294 g/mol. The van der Waals surface area contributed by atoms with E-state index in [4.69, 9.17) is 4.74 Å². The van der Waals surface area contributed by atoms with Gasteiger partial charge in [0.05, 0.1) is 19.3 Å². The van der Waals surface area contributed by atoms with Crippen molar-refractivity contribution < 1.29 is 31.8 Å². The van der Waals surface area contributed by atoms with Crippen LogP contribution in [0.3, 0.4) is 0 Å². The fourth-order valence-corrected chi connectivity index (χ4v) is 1.85. The van der Waals surface area contributed by atoms with Crippen LogP contribution in [-0.4, -0.2) is 31.6 Å². The highest BCUT2D eigenvalue weighted by Crippen LogP contribution is 2.32. The SMILES string of the molecule is COC(=O)C1CCOC(c2ccc(F)c(C(F)(F)F)c2)=N1. The van der Waals surface area contributed by atoms with Gasteiger partial charge >= 0.3 is 12.1 Å². The molecular formula is C13H11F4NO3. The molecule has 8 heteroatoms. The summed E-state index contributed by atoms with van der Waals surface area (Å²) in [5.74, 6) is -2.12. The summed E-state index contributed by atoms with van der Waals surface area (Å²) in [7, 11) is 1.19. The van der Waals surface area contributed by atoms with Gasteiger partial charge in [-0.1, -0.05) is 0 Å². The summed E-state index contributed by atoms with van der Waals surface area (Å²) in [6.45, 7) is 0.108. The number of carbonyl (C=O) groups excluding carboxylic acids is 1. The Kier molecular flexibility index (Phi) is 4.15. The topological polar surface area (TPSA) is 47.9 Å². The summed E-state index contributed by atoms with van der Waals surface area (Å²) in [6, 6.07) is 1.57. The first-order valence-corrected chi connectivity index (χ1v) is 5.98. The van der Waals surface area contributed by atoms with E-state index in [1.165, 1.54) is 7.11 Å². The van der Waals surface area contributed by atoms with Crippen molar-refractivity contribution in [3.05, 3.63) is 35.1 Å². The first kappa shape index (κ1) is 15.3. The summed E-state index contributed by atoms with van der Waals surface area (Å²) >= 11 is 0. The van der Waals surface area contributed by atoms with Crippen LogP contribution < -0.4 is 0 Å². The fraction of sp³-hybridized carbons (Fsp3) is 0.385. The van der Waals surface area contributed by atoms with Gasteiger partial charge in [-0.15, -0.1) is 0 Å². The zero-order valence-corrected chi connectivity index (χ0v) is 10.9. The zero-order chi connectivity index (χ0) is 15.6. The Hall–Kier alpha value is -2.12. The van der Waals surface area contributed by atoms with Crippen LogP contribution in [0.25, 0.3) is 0 Å². The van der Waals surface area contributed by atoms with Crippen LogP contribution >= 0.6 is 0 Å². The minimum absolute atomic E-state index is 0.0441. The van der Waals surface area contributed by atoms with Crippen LogP contribution in [0.15, 0.2) is 23.2 Å². The normalized spacial score (nSPS) is 18.7. The predicted octanol–water partition coefficient (Wildman–Crippen LogP) is 2.55. The second kappa shape index (κ2) is 5.71. The van der Waals surface area contributed by atoms with Crippen molar-refractivity contribution in [2.75, 3.05) is 13.7 Å². The molecule has 114 valence electrons. The third-order valence-electron chi connectivity index (χ3n) is 2.90. The lowest BCUT2D eigenvalue weighted by Crippen LogP contribution is -2.29. The molecule has 0 saturated heterocycles. The number of esters is 1. The number of alkyl halides is 3. The molecule has 4 nitrogen and oxygen atoms in total. The summed E-state index contributed by atoms with van der Waals surface area (Å²) in [5.41, 5.74) is -1.45. The molecule has 0 amide bonds. The Labute approximate surface area is 117 Å². The van der Waals surface area contributed by atoms with E-state index in [1.807, 2.05) is 0 Å². The van der Waals surface area contributed by atoms with Gasteiger partial charge in [0.1, 0.15) is 5.82 Å². The van der Waals surface area contributed by atoms with E-state index >= 15 is 0 Å². The highest BCUT2D eigenvalue weighted by atomic mass is 19.4. The number of methoxy groups -OCH3 is 1. The molecule has 21 heavy (non-hydrogen) atoms. The standard InChI is InChI=1S/C13H11F4NO3/c1-20-12(19)10-4-5-21-11(18-10)7-2-3-9(14)8(6-7)13(15,16)17/h2-3,6,10H,4-5H2,1H3. The lowest BCUT2D eigenvalue weighted by atomic mass is 10.1. The Bertz CT molecular complexity index is 583. The molecule has 1 atom stereocenters. The third-order valence-corrected chi connectivity index (χ3v) is 2.90. The molecule has 0 aliphatic carbocycles.